The van der Waals surface area contributed by atoms with Crippen molar-refractivity contribution in [3.63, 3.8) is 0 Å². The summed E-state index contributed by atoms with van der Waals surface area (Å²) >= 11 is 6.14. The second-order valence-corrected chi connectivity index (χ2v) is 9.45. The molecule has 0 saturated heterocycles. The largest absolute Gasteiger partial charge is 0.503 e. The Hall–Kier alpha value is -3.05. The molecule has 2 heterocycles. The molecule has 1 aliphatic carbocycles. The van der Waals surface area contributed by atoms with Gasteiger partial charge in [0, 0.05) is 55.0 Å². The van der Waals surface area contributed by atoms with Gasteiger partial charge in [-0.15, -0.1) is 0 Å². The van der Waals surface area contributed by atoms with Crippen molar-refractivity contribution in [1.29, 1.82) is 0 Å². The molecule has 0 radical (unpaired) electrons. The minimum atomic E-state index is -5.08. The van der Waals surface area contributed by atoms with E-state index in [1.807, 2.05) is 42.7 Å². The highest BCUT2D eigenvalue weighted by atomic mass is 35.5. The van der Waals surface area contributed by atoms with Crippen LogP contribution in [0.3, 0.4) is 0 Å². The monoisotopic (exact) mass is 529 g/mol. The first-order valence-corrected chi connectivity index (χ1v) is 11.7. The van der Waals surface area contributed by atoms with E-state index < -0.39 is 23.3 Å². The van der Waals surface area contributed by atoms with Gasteiger partial charge in [-0.25, -0.2) is 4.79 Å². The minimum absolute atomic E-state index is 0.0141. The third-order valence-corrected chi connectivity index (χ3v) is 6.20. The Morgan fingerprint density at radius 2 is 1.81 bits per heavy atom. The van der Waals surface area contributed by atoms with Gasteiger partial charge in [-0.3, -0.25) is 14.5 Å². The number of carboxylic acid groups (broad SMARTS) is 1. The second kappa shape index (κ2) is 10.9. The summed E-state index contributed by atoms with van der Waals surface area (Å²) in [6.45, 7) is 6.28. The zero-order chi connectivity index (χ0) is 26.8. The number of hydrogen-bond donors (Lipinski definition) is 2. The van der Waals surface area contributed by atoms with E-state index in [1.165, 1.54) is 6.07 Å². The molecular formula is C24H27ClF3N3O5. The number of rotatable bonds is 6. The molecule has 0 atom stereocenters. The van der Waals surface area contributed by atoms with E-state index in [0.29, 0.717) is 30.7 Å². The molecule has 1 aromatic carbocycles. The number of carboxylic acids is 1. The van der Waals surface area contributed by atoms with Gasteiger partial charge in [0.25, 0.3) is 5.91 Å². The molecule has 1 aliphatic heterocycles. The van der Waals surface area contributed by atoms with Crippen molar-refractivity contribution in [1.82, 2.24) is 14.4 Å². The molecule has 1 aromatic heterocycles. The number of fused-ring (bicyclic) bond motifs is 1. The van der Waals surface area contributed by atoms with Crippen LogP contribution in [0, 0.1) is 0 Å². The standard InChI is InChI=1S/C22H26ClN3O3.C2HF3O2/c1-14(2)25-8-9-26-18(11-19(27)21(28)20(26)22(25)29)13-24(17-6-7-17)12-15-4-3-5-16(23)10-15;3-2(4,5)1(6)7/h3-5,10-11,14,17,28H,6-9,12-13H2,1-2H3;(H,6,7). The maximum atomic E-state index is 12.9. The first-order chi connectivity index (χ1) is 16.8. The highest BCUT2D eigenvalue weighted by Crippen LogP contribution is 2.31. The van der Waals surface area contributed by atoms with E-state index in [4.69, 9.17) is 21.5 Å². The van der Waals surface area contributed by atoms with Crippen molar-refractivity contribution in [2.45, 2.75) is 64.6 Å². The molecule has 36 heavy (non-hydrogen) atoms. The molecule has 2 aliphatic rings. The molecule has 12 heteroatoms. The topological polar surface area (TPSA) is 103 Å². The maximum Gasteiger partial charge on any atom is 0.490 e. The summed E-state index contributed by atoms with van der Waals surface area (Å²) in [6.07, 6.45) is -2.84. The van der Waals surface area contributed by atoms with Crippen LogP contribution >= 0.6 is 11.6 Å². The molecule has 2 aromatic rings. The number of carbonyl (C=O) groups is 2. The van der Waals surface area contributed by atoms with Gasteiger partial charge in [0.2, 0.25) is 5.43 Å². The van der Waals surface area contributed by atoms with Gasteiger partial charge < -0.3 is 19.7 Å². The van der Waals surface area contributed by atoms with Gasteiger partial charge in [-0.2, -0.15) is 13.2 Å². The lowest BCUT2D eigenvalue weighted by Gasteiger charge is -2.35. The van der Waals surface area contributed by atoms with E-state index >= 15 is 0 Å². The number of aliphatic carboxylic acids is 1. The second-order valence-electron chi connectivity index (χ2n) is 9.01. The number of halogens is 4. The van der Waals surface area contributed by atoms with Crippen LogP contribution in [0.1, 0.15) is 48.4 Å². The van der Waals surface area contributed by atoms with E-state index in [1.54, 1.807) is 4.90 Å². The fourth-order valence-electron chi connectivity index (χ4n) is 4.06. The van der Waals surface area contributed by atoms with Crippen LogP contribution in [-0.2, 0) is 24.4 Å². The summed E-state index contributed by atoms with van der Waals surface area (Å²) in [6, 6.07) is 9.75. The van der Waals surface area contributed by atoms with E-state index in [2.05, 4.69) is 4.90 Å². The normalized spacial score (nSPS) is 15.6. The Labute approximate surface area is 210 Å². The third kappa shape index (κ3) is 6.58. The fourth-order valence-corrected chi connectivity index (χ4v) is 4.27. The average molecular weight is 530 g/mol. The molecule has 2 N–H and O–H groups in total. The first-order valence-electron chi connectivity index (χ1n) is 11.3. The zero-order valence-electron chi connectivity index (χ0n) is 19.8. The van der Waals surface area contributed by atoms with Crippen LogP contribution in [0.25, 0.3) is 0 Å². The fraction of sp³-hybridized carbons (Fsp3) is 0.458. The molecule has 1 amide bonds. The predicted octanol–water partition coefficient (Wildman–Crippen LogP) is 3.87. The molecule has 196 valence electrons. The van der Waals surface area contributed by atoms with Gasteiger partial charge in [0.15, 0.2) is 11.4 Å². The van der Waals surface area contributed by atoms with Crippen LogP contribution in [-0.4, -0.2) is 61.3 Å². The Morgan fingerprint density at radius 3 is 2.33 bits per heavy atom. The van der Waals surface area contributed by atoms with Crippen LogP contribution in [0.2, 0.25) is 5.02 Å². The van der Waals surface area contributed by atoms with Crippen LogP contribution < -0.4 is 5.43 Å². The maximum absolute atomic E-state index is 12.9. The van der Waals surface area contributed by atoms with E-state index in [9.17, 15) is 27.9 Å². The number of hydrogen-bond acceptors (Lipinski definition) is 5. The number of carbonyl (C=O) groups excluding carboxylic acids is 1. The van der Waals surface area contributed by atoms with Crippen LogP contribution in [0.5, 0.6) is 5.75 Å². The van der Waals surface area contributed by atoms with Gasteiger partial charge in [0.05, 0.1) is 0 Å². The molecule has 4 rings (SSSR count). The Morgan fingerprint density at radius 1 is 1.17 bits per heavy atom. The number of benzene rings is 1. The number of nitrogens with zero attached hydrogens (tertiary/aromatic N) is 3. The van der Waals surface area contributed by atoms with Crippen molar-refractivity contribution < 1.29 is 33.0 Å². The van der Waals surface area contributed by atoms with Crippen molar-refractivity contribution >= 4 is 23.5 Å². The molecule has 8 nitrogen and oxygen atoms in total. The van der Waals surface area contributed by atoms with Gasteiger partial charge >= 0.3 is 12.1 Å². The van der Waals surface area contributed by atoms with Crippen LogP contribution in [0.15, 0.2) is 35.1 Å². The van der Waals surface area contributed by atoms with Crippen molar-refractivity contribution in [3.05, 3.63) is 62.5 Å². The molecule has 1 fully saturated rings. The molecule has 1 saturated carbocycles. The first kappa shape index (κ1) is 27.5. The lowest BCUT2D eigenvalue weighted by Crippen LogP contribution is -2.46. The van der Waals surface area contributed by atoms with Gasteiger partial charge in [0.1, 0.15) is 0 Å². The summed E-state index contributed by atoms with van der Waals surface area (Å²) < 4.78 is 33.6. The van der Waals surface area contributed by atoms with Crippen LogP contribution in [0.4, 0.5) is 13.2 Å². The van der Waals surface area contributed by atoms with Crippen molar-refractivity contribution in [2.75, 3.05) is 6.54 Å². The summed E-state index contributed by atoms with van der Waals surface area (Å²) in [7, 11) is 0. The Balaban J connectivity index is 0.000000454. The molecule has 0 spiro atoms. The molecular weight excluding hydrogens is 503 g/mol. The quantitative estimate of drug-likeness (QED) is 0.589. The van der Waals surface area contributed by atoms with Gasteiger partial charge in [-0.05, 0) is 44.4 Å². The minimum Gasteiger partial charge on any atom is -0.503 e. The summed E-state index contributed by atoms with van der Waals surface area (Å²) in [4.78, 5) is 38.3. The van der Waals surface area contributed by atoms with E-state index in [0.717, 1.165) is 30.6 Å². The summed E-state index contributed by atoms with van der Waals surface area (Å²) in [5.74, 6) is -3.49. The Bertz CT molecular complexity index is 1190. The zero-order valence-corrected chi connectivity index (χ0v) is 20.5. The van der Waals surface area contributed by atoms with Crippen molar-refractivity contribution in [2.24, 2.45) is 0 Å². The van der Waals surface area contributed by atoms with Gasteiger partial charge in [-0.1, -0.05) is 23.7 Å². The summed E-state index contributed by atoms with van der Waals surface area (Å²) in [5.41, 5.74) is 1.51. The lowest BCUT2D eigenvalue weighted by atomic mass is 10.1. The lowest BCUT2D eigenvalue weighted by molar-refractivity contribution is -0.192. The number of aromatic nitrogens is 1. The Kier molecular flexibility index (Phi) is 8.35. The van der Waals surface area contributed by atoms with E-state index in [-0.39, 0.29) is 17.6 Å². The number of amides is 1. The number of alkyl halides is 3. The summed E-state index contributed by atoms with van der Waals surface area (Å²) in [5, 5.41) is 18.2. The number of aromatic hydroxyl groups is 1. The highest BCUT2D eigenvalue weighted by Gasteiger charge is 2.38. The predicted molar refractivity (Wildman–Crippen MR) is 126 cm³/mol. The SMILES string of the molecule is CC(C)N1CCn2c(CN(Cc3cccc(Cl)c3)C3CC3)cc(=O)c(O)c2C1=O.O=C(O)C(F)(F)F. The molecule has 0 unspecified atom stereocenters. The molecule has 0 bridgehead atoms. The smallest absolute Gasteiger partial charge is 0.490 e. The third-order valence-electron chi connectivity index (χ3n) is 5.97. The van der Waals surface area contributed by atoms with Crippen molar-refractivity contribution in [3.8, 4) is 5.75 Å². The average Bonchev–Trinajstić information content (AvgIpc) is 3.61. The number of pyridine rings is 1. The highest BCUT2D eigenvalue weighted by molar-refractivity contribution is 6.30.